The highest BCUT2D eigenvalue weighted by Crippen LogP contribution is 2.13. The molecule has 0 aliphatic rings. The van der Waals surface area contributed by atoms with E-state index in [0.29, 0.717) is 0 Å². The lowest BCUT2D eigenvalue weighted by Crippen LogP contribution is -2.22. The van der Waals surface area contributed by atoms with Crippen LogP contribution in [0.5, 0.6) is 0 Å². The Balaban J connectivity index is 1.82. The molecule has 0 atom stereocenters. The van der Waals surface area contributed by atoms with Crippen LogP contribution in [0.1, 0.15) is 25.3 Å². The monoisotopic (exact) mass is 300 g/mol. The van der Waals surface area contributed by atoms with Crippen molar-refractivity contribution in [3.8, 4) is 0 Å². The third-order valence-electron chi connectivity index (χ3n) is 3.37. The SMILES string of the molecule is CCCCc1ccc(NCC(=O)Nc2ccccc2F)cc1. The number of rotatable bonds is 7. The highest BCUT2D eigenvalue weighted by atomic mass is 19.1. The standard InChI is InChI=1S/C18H21FN2O/c1-2-3-6-14-9-11-15(12-10-14)20-13-18(22)21-17-8-5-4-7-16(17)19/h4-5,7-12,20H,2-3,6,13H2,1H3,(H,21,22). The van der Waals surface area contributed by atoms with Gasteiger partial charge in [0.1, 0.15) is 5.82 Å². The normalized spacial score (nSPS) is 10.3. The first-order valence-corrected chi connectivity index (χ1v) is 7.56. The minimum atomic E-state index is -0.434. The number of unbranched alkanes of at least 4 members (excludes halogenated alkanes) is 1. The van der Waals surface area contributed by atoms with Crippen LogP contribution in [0.3, 0.4) is 0 Å². The highest BCUT2D eigenvalue weighted by Gasteiger charge is 2.05. The quantitative estimate of drug-likeness (QED) is 0.804. The zero-order valence-electron chi connectivity index (χ0n) is 12.7. The van der Waals surface area contributed by atoms with E-state index in [1.165, 1.54) is 30.5 Å². The van der Waals surface area contributed by atoms with Gasteiger partial charge in [-0.1, -0.05) is 37.6 Å². The maximum Gasteiger partial charge on any atom is 0.243 e. The van der Waals surface area contributed by atoms with Crippen LogP contribution in [-0.4, -0.2) is 12.5 Å². The second-order valence-electron chi connectivity index (χ2n) is 5.18. The molecule has 0 unspecified atom stereocenters. The molecule has 116 valence electrons. The fourth-order valence-electron chi connectivity index (χ4n) is 2.11. The van der Waals surface area contributed by atoms with Crippen LogP contribution in [-0.2, 0) is 11.2 Å². The third kappa shape index (κ3) is 4.88. The molecule has 0 saturated heterocycles. The van der Waals surface area contributed by atoms with E-state index in [1.54, 1.807) is 12.1 Å². The Bertz CT molecular complexity index is 611. The molecule has 2 N–H and O–H groups in total. The van der Waals surface area contributed by atoms with Crippen molar-refractivity contribution in [2.75, 3.05) is 17.2 Å². The molecule has 2 rings (SSSR count). The van der Waals surface area contributed by atoms with E-state index >= 15 is 0 Å². The van der Waals surface area contributed by atoms with Gasteiger partial charge in [-0.05, 0) is 42.7 Å². The number of hydrogen-bond donors (Lipinski definition) is 2. The summed E-state index contributed by atoms with van der Waals surface area (Å²) in [7, 11) is 0. The average Bonchev–Trinajstić information content (AvgIpc) is 2.54. The Hall–Kier alpha value is -2.36. The molecule has 0 radical (unpaired) electrons. The number of nitrogens with one attached hydrogen (secondary N) is 2. The number of anilines is 2. The summed E-state index contributed by atoms with van der Waals surface area (Å²) in [5.41, 5.74) is 2.37. The lowest BCUT2D eigenvalue weighted by atomic mass is 10.1. The van der Waals surface area contributed by atoms with Gasteiger partial charge < -0.3 is 10.6 Å². The van der Waals surface area contributed by atoms with Crippen LogP contribution in [0.4, 0.5) is 15.8 Å². The maximum absolute atomic E-state index is 13.4. The molecule has 0 bridgehead atoms. The van der Waals surface area contributed by atoms with E-state index in [0.717, 1.165) is 12.1 Å². The summed E-state index contributed by atoms with van der Waals surface area (Å²) in [6, 6.07) is 14.2. The maximum atomic E-state index is 13.4. The van der Waals surface area contributed by atoms with E-state index in [-0.39, 0.29) is 18.1 Å². The second-order valence-corrected chi connectivity index (χ2v) is 5.18. The minimum Gasteiger partial charge on any atom is -0.376 e. The molecule has 3 nitrogen and oxygen atoms in total. The van der Waals surface area contributed by atoms with Crippen LogP contribution >= 0.6 is 0 Å². The Morgan fingerprint density at radius 3 is 2.50 bits per heavy atom. The Morgan fingerprint density at radius 1 is 1.09 bits per heavy atom. The first-order chi connectivity index (χ1) is 10.7. The second kappa shape index (κ2) is 8.17. The molecule has 4 heteroatoms. The van der Waals surface area contributed by atoms with Gasteiger partial charge in [0.2, 0.25) is 5.91 Å². The van der Waals surface area contributed by atoms with Crippen molar-refractivity contribution in [3.63, 3.8) is 0 Å². The highest BCUT2D eigenvalue weighted by molar-refractivity contribution is 5.93. The van der Waals surface area contributed by atoms with Crippen LogP contribution in [0.2, 0.25) is 0 Å². The van der Waals surface area contributed by atoms with Gasteiger partial charge in [0.05, 0.1) is 12.2 Å². The van der Waals surface area contributed by atoms with E-state index in [9.17, 15) is 9.18 Å². The predicted octanol–water partition coefficient (Wildman–Crippen LogP) is 4.22. The molecule has 0 spiro atoms. The van der Waals surface area contributed by atoms with Gasteiger partial charge in [-0.15, -0.1) is 0 Å². The summed E-state index contributed by atoms with van der Waals surface area (Å²) < 4.78 is 13.4. The summed E-state index contributed by atoms with van der Waals surface area (Å²) in [5, 5.41) is 5.58. The number of hydrogen-bond acceptors (Lipinski definition) is 2. The summed E-state index contributed by atoms with van der Waals surface area (Å²) in [6.07, 6.45) is 3.43. The van der Waals surface area contributed by atoms with Gasteiger partial charge in [-0.2, -0.15) is 0 Å². The van der Waals surface area contributed by atoms with Crippen molar-refractivity contribution in [2.24, 2.45) is 0 Å². The van der Waals surface area contributed by atoms with Crippen LogP contribution in [0.25, 0.3) is 0 Å². The number of halogens is 1. The first kappa shape index (κ1) is 16.0. The van der Waals surface area contributed by atoms with Gasteiger partial charge in [0, 0.05) is 5.69 Å². The molecular weight excluding hydrogens is 279 g/mol. The van der Waals surface area contributed by atoms with E-state index in [1.807, 2.05) is 12.1 Å². The summed E-state index contributed by atoms with van der Waals surface area (Å²) in [5.74, 6) is -0.712. The number of aryl methyl sites for hydroxylation is 1. The van der Waals surface area contributed by atoms with Gasteiger partial charge >= 0.3 is 0 Å². The molecule has 0 aliphatic carbocycles. The minimum absolute atomic E-state index is 0.0998. The van der Waals surface area contributed by atoms with E-state index < -0.39 is 5.82 Å². The Kier molecular flexibility index (Phi) is 5.95. The zero-order chi connectivity index (χ0) is 15.8. The van der Waals surface area contributed by atoms with Crippen molar-refractivity contribution in [1.82, 2.24) is 0 Å². The van der Waals surface area contributed by atoms with Crippen molar-refractivity contribution in [2.45, 2.75) is 26.2 Å². The van der Waals surface area contributed by atoms with Crippen molar-refractivity contribution in [3.05, 3.63) is 59.9 Å². The molecule has 0 saturated carbocycles. The van der Waals surface area contributed by atoms with Crippen LogP contribution in [0.15, 0.2) is 48.5 Å². The van der Waals surface area contributed by atoms with Crippen molar-refractivity contribution in [1.29, 1.82) is 0 Å². The molecule has 22 heavy (non-hydrogen) atoms. The molecule has 2 aromatic carbocycles. The van der Waals surface area contributed by atoms with E-state index in [2.05, 4.69) is 29.7 Å². The third-order valence-corrected chi connectivity index (χ3v) is 3.37. The number of carbonyl (C=O) groups excluding carboxylic acids is 1. The molecule has 0 fully saturated rings. The molecule has 1 amide bonds. The average molecular weight is 300 g/mol. The number of benzene rings is 2. The number of amides is 1. The fourth-order valence-corrected chi connectivity index (χ4v) is 2.11. The summed E-state index contributed by atoms with van der Waals surface area (Å²) >= 11 is 0. The number of carbonyl (C=O) groups is 1. The van der Waals surface area contributed by atoms with Crippen LogP contribution in [0, 0.1) is 5.82 Å². The summed E-state index contributed by atoms with van der Waals surface area (Å²) in [4.78, 5) is 11.8. The molecule has 0 aliphatic heterocycles. The lowest BCUT2D eigenvalue weighted by Gasteiger charge is -2.09. The van der Waals surface area contributed by atoms with Crippen molar-refractivity contribution < 1.29 is 9.18 Å². The lowest BCUT2D eigenvalue weighted by molar-refractivity contribution is -0.114. The molecular formula is C18H21FN2O. The Morgan fingerprint density at radius 2 is 1.82 bits per heavy atom. The first-order valence-electron chi connectivity index (χ1n) is 7.56. The molecule has 2 aromatic rings. The molecule has 0 aromatic heterocycles. The smallest absolute Gasteiger partial charge is 0.243 e. The predicted molar refractivity (Wildman–Crippen MR) is 88.6 cm³/mol. The summed E-state index contributed by atoms with van der Waals surface area (Å²) in [6.45, 7) is 2.27. The van der Waals surface area contributed by atoms with Gasteiger partial charge in [0.25, 0.3) is 0 Å². The van der Waals surface area contributed by atoms with Crippen molar-refractivity contribution >= 4 is 17.3 Å². The zero-order valence-corrected chi connectivity index (χ0v) is 12.7. The fraction of sp³-hybridized carbons (Fsp3) is 0.278. The topological polar surface area (TPSA) is 41.1 Å². The number of para-hydroxylation sites is 1. The molecule has 0 heterocycles. The largest absolute Gasteiger partial charge is 0.376 e. The van der Waals surface area contributed by atoms with Crippen LogP contribution < -0.4 is 10.6 Å². The van der Waals surface area contributed by atoms with Gasteiger partial charge in [-0.25, -0.2) is 4.39 Å². The Labute approximate surface area is 130 Å². The van der Waals surface area contributed by atoms with E-state index in [4.69, 9.17) is 0 Å². The van der Waals surface area contributed by atoms with Gasteiger partial charge in [0.15, 0.2) is 0 Å². The van der Waals surface area contributed by atoms with Gasteiger partial charge in [-0.3, -0.25) is 4.79 Å².